The highest BCUT2D eigenvalue weighted by molar-refractivity contribution is 7.89. The topological polar surface area (TPSA) is 92.7 Å². The summed E-state index contributed by atoms with van der Waals surface area (Å²) in [6, 6.07) is 0. The molecular weight excluding hydrogens is 234 g/mol. The van der Waals surface area contributed by atoms with E-state index in [9.17, 15) is 13.2 Å². The molecule has 1 atom stereocenters. The molecule has 0 saturated carbocycles. The van der Waals surface area contributed by atoms with Crippen molar-refractivity contribution in [3.8, 4) is 0 Å². The number of hydrogen-bond acceptors (Lipinski definition) is 5. The molecule has 0 aromatic carbocycles. The predicted molar refractivity (Wildman–Crippen MR) is 59.3 cm³/mol. The quantitative estimate of drug-likeness (QED) is 0.568. The van der Waals surface area contributed by atoms with Crippen LogP contribution in [-0.2, 0) is 19.6 Å². The molecule has 0 aliphatic heterocycles. The van der Waals surface area contributed by atoms with Gasteiger partial charge in [-0.25, -0.2) is 13.1 Å². The molecule has 2 N–H and O–H groups in total. The summed E-state index contributed by atoms with van der Waals surface area (Å²) in [6.07, 6.45) is 0.389. The van der Waals surface area contributed by atoms with Crippen molar-refractivity contribution in [3.05, 3.63) is 0 Å². The second-order valence-electron chi connectivity index (χ2n) is 3.61. The first-order chi connectivity index (χ1) is 7.41. The second-order valence-corrected chi connectivity index (χ2v) is 5.54. The summed E-state index contributed by atoms with van der Waals surface area (Å²) in [4.78, 5) is 10.8. The van der Waals surface area contributed by atoms with Gasteiger partial charge in [0.1, 0.15) is 0 Å². The van der Waals surface area contributed by atoms with E-state index in [1.807, 2.05) is 6.92 Å². The van der Waals surface area contributed by atoms with Gasteiger partial charge in [-0.3, -0.25) is 4.79 Å². The van der Waals surface area contributed by atoms with Crippen LogP contribution >= 0.6 is 0 Å². The minimum Gasteiger partial charge on any atom is -0.469 e. The maximum absolute atomic E-state index is 11.4. The number of carbonyl (C=O) groups is 1. The average Bonchev–Trinajstić information content (AvgIpc) is 2.24. The SMILES string of the molecule is COC(=O)CCS(=O)(=O)NCC(C)CCO. The van der Waals surface area contributed by atoms with Gasteiger partial charge in [-0.1, -0.05) is 6.92 Å². The molecule has 0 aromatic rings. The van der Waals surface area contributed by atoms with E-state index in [4.69, 9.17) is 5.11 Å². The van der Waals surface area contributed by atoms with Crippen LogP contribution in [0.2, 0.25) is 0 Å². The fourth-order valence-electron chi connectivity index (χ4n) is 0.984. The van der Waals surface area contributed by atoms with E-state index in [2.05, 4.69) is 9.46 Å². The van der Waals surface area contributed by atoms with Crippen molar-refractivity contribution in [1.29, 1.82) is 0 Å². The van der Waals surface area contributed by atoms with Crippen LogP contribution in [0.4, 0.5) is 0 Å². The van der Waals surface area contributed by atoms with Crippen molar-refractivity contribution >= 4 is 16.0 Å². The number of rotatable bonds is 8. The molecule has 0 radical (unpaired) electrons. The minimum absolute atomic E-state index is 0.0328. The average molecular weight is 253 g/mol. The van der Waals surface area contributed by atoms with Crippen molar-refractivity contribution in [3.63, 3.8) is 0 Å². The smallest absolute Gasteiger partial charge is 0.306 e. The molecule has 0 aromatic heterocycles. The van der Waals surface area contributed by atoms with Gasteiger partial charge in [0.2, 0.25) is 10.0 Å². The zero-order valence-electron chi connectivity index (χ0n) is 9.60. The Morgan fingerprint density at radius 3 is 2.62 bits per heavy atom. The number of carbonyl (C=O) groups excluding carboxylic acids is 1. The Hall–Kier alpha value is -0.660. The molecule has 0 aliphatic rings. The standard InChI is InChI=1S/C9H19NO5S/c1-8(3-5-11)7-10-16(13,14)6-4-9(12)15-2/h8,10-11H,3-7H2,1-2H3. The molecular formula is C9H19NO5S. The molecule has 16 heavy (non-hydrogen) atoms. The lowest BCUT2D eigenvalue weighted by atomic mass is 10.1. The van der Waals surface area contributed by atoms with E-state index >= 15 is 0 Å². The molecule has 0 heterocycles. The molecule has 96 valence electrons. The Morgan fingerprint density at radius 1 is 1.50 bits per heavy atom. The van der Waals surface area contributed by atoms with E-state index in [0.717, 1.165) is 0 Å². The number of esters is 1. The Balaban J connectivity index is 3.92. The predicted octanol–water partition coefficient (Wildman–Crippen LogP) is -0.513. The van der Waals surface area contributed by atoms with Gasteiger partial charge in [0.05, 0.1) is 19.3 Å². The summed E-state index contributed by atoms with van der Waals surface area (Å²) < 4.78 is 29.5. The lowest BCUT2D eigenvalue weighted by Crippen LogP contribution is -2.31. The zero-order chi connectivity index (χ0) is 12.6. The highest BCUT2D eigenvalue weighted by Gasteiger charge is 2.14. The van der Waals surface area contributed by atoms with Crippen LogP contribution in [0.5, 0.6) is 0 Å². The number of hydrogen-bond donors (Lipinski definition) is 2. The van der Waals surface area contributed by atoms with E-state index < -0.39 is 16.0 Å². The summed E-state index contributed by atoms with van der Waals surface area (Å²) in [5, 5.41) is 8.64. The van der Waals surface area contributed by atoms with Crippen LogP contribution in [0.25, 0.3) is 0 Å². The summed E-state index contributed by atoms with van der Waals surface area (Å²) >= 11 is 0. The molecule has 0 spiro atoms. The maximum atomic E-state index is 11.4. The first kappa shape index (κ1) is 15.3. The van der Waals surface area contributed by atoms with Crippen LogP contribution in [0.3, 0.4) is 0 Å². The Morgan fingerprint density at radius 2 is 2.12 bits per heavy atom. The van der Waals surface area contributed by atoms with E-state index in [-0.39, 0.29) is 31.2 Å². The lowest BCUT2D eigenvalue weighted by molar-refractivity contribution is -0.140. The molecule has 0 aliphatic carbocycles. The van der Waals surface area contributed by atoms with Crippen molar-refractivity contribution in [2.24, 2.45) is 5.92 Å². The molecule has 7 heteroatoms. The highest BCUT2D eigenvalue weighted by atomic mass is 32.2. The third kappa shape index (κ3) is 7.61. The summed E-state index contributed by atoms with van der Waals surface area (Å²) in [6.45, 7) is 2.13. The van der Waals surface area contributed by atoms with Crippen LogP contribution in [0.15, 0.2) is 0 Å². The van der Waals surface area contributed by atoms with Gasteiger partial charge >= 0.3 is 5.97 Å². The third-order valence-electron chi connectivity index (χ3n) is 2.08. The largest absolute Gasteiger partial charge is 0.469 e. The number of sulfonamides is 1. The molecule has 0 fully saturated rings. The molecule has 0 saturated heterocycles. The minimum atomic E-state index is -3.43. The first-order valence-corrected chi connectivity index (χ1v) is 6.71. The van der Waals surface area contributed by atoms with Gasteiger partial charge in [-0.2, -0.15) is 0 Å². The van der Waals surface area contributed by atoms with Gasteiger partial charge in [0, 0.05) is 13.2 Å². The normalized spacial score (nSPS) is 13.4. The molecule has 0 amide bonds. The second kappa shape index (κ2) is 7.59. The van der Waals surface area contributed by atoms with Gasteiger partial charge in [0.15, 0.2) is 0 Å². The van der Waals surface area contributed by atoms with Gasteiger partial charge in [0.25, 0.3) is 0 Å². The zero-order valence-corrected chi connectivity index (χ0v) is 10.4. The number of aliphatic hydroxyl groups excluding tert-OH is 1. The summed E-state index contributed by atoms with van der Waals surface area (Å²) in [5.74, 6) is -0.752. The van der Waals surface area contributed by atoms with Crippen LogP contribution in [-0.4, -0.2) is 45.5 Å². The molecule has 1 unspecified atom stereocenters. The number of aliphatic hydroxyl groups is 1. The van der Waals surface area contributed by atoms with Crippen molar-refractivity contribution in [2.75, 3.05) is 26.0 Å². The molecule has 0 bridgehead atoms. The van der Waals surface area contributed by atoms with E-state index in [0.29, 0.717) is 6.42 Å². The molecule has 6 nitrogen and oxygen atoms in total. The Labute approximate surface area is 96.0 Å². The van der Waals surface area contributed by atoms with Gasteiger partial charge in [-0.15, -0.1) is 0 Å². The van der Waals surface area contributed by atoms with E-state index in [1.54, 1.807) is 0 Å². The highest BCUT2D eigenvalue weighted by Crippen LogP contribution is 2.00. The van der Waals surface area contributed by atoms with Crippen LogP contribution < -0.4 is 4.72 Å². The van der Waals surface area contributed by atoms with Crippen molar-refractivity contribution in [2.45, 2.75) is 19.8 Å². The van der Waals surface area contributed by atoms with Gasteiger partial charge < -0.3 is 9.84 Å². The van der Waals surface area contributed by atoms with Crippen molar-refractivity contribution < 1.29 is 23.1 Å². The van der Waals surface area contributed by atoms with E-state index in [1.165, 1.54) is 7.11 Å². The lowest BCUT2D eigenvalue weighted by Gasteiger charge is -2.11. The molecule has 0 rings (SSSR count). The van der Waals surface area contributed by atoms with Crippen LogP contribution in [0.1, 0.15) is 19.8 Å². The first-order valence-electron chi connectivity index (χ1n) is 5.06. The Kier molecular flexibility index (Phi) is 7.27. The number of nitrogens with one attached hydrogen (secondary N) is 1. The fourth-order valence-corrected chi connectivity index (χ4v) is 2.10. The summed E-state index contributed by atoms with van der Waals surface area (Å²) in [5.41, 5.74) is 0. The summed E-state index contributed by atoms with van der Waals surface area (Å²) in [7, 11) is -2.22. The number of ether oxygens (including phenoxy) is 1. The van der Waals surface area contributed by atoms with Crippen molar-refractivity contribution in [1.82, 2.24) is 4.72 Å². The fraction of sp³-hybridized carbons (Fsp3) is 0.889. The third-order valence-corrected chi connectivity index (χ3v) is 3.42. The number of methoxy groups -OCH3 is 1. The maximum Gasteiger partial charge on any atom is 0.306 e. The monoisotopic (exact) mass is 253 g/mol. The van der Waals surface area contributed by atoms with Gasteiger partial charge in [-0.05, 0) is 12.3 Å². The Bertz CT molecular complexity index is 301. The van der Waals surface area contributed by atoms with Crippen LogP contribution in [0, 0.1) is 5.92 Å².